The average molecular weight is 451 g/mol. The van der Waals surface area contributed by atoms with Crippen LogP contribution in [0.4, 0.5) is 9.59 Å². The van der Waals surface area contributed by atoms with E-state index < -0.39 is 0 Å². The zero-order valence-electron chi connectivity index (χ0n) is 20.3. The van der Waals surface area contributed by atoms with Crippen LogP contribution in [0.15, 0.2) is 0 Å². The van der Waals surface area contributed by atoms with Crippen LogP contribution in [0, 0.1) is 11.3 Å². The Hall–Kier alpha value is -1.54. The monoisotopic (exact) mass is 450 g/mol. The van der Waals surface area contributed by atoms with Crippen molar-refractivity contribution in [2.45, 2.75) is 64.0 Å². The zero-order chi connectivity index (χ0) is 22.7. The molecular formula is C24H42N4O4. The number of nitrogens with zero attached hydrogens (tertiary/aromatic N) is 4. The van der Waals surface area contributed by atoms with Crippen LogP contribution in [0.3, 0.4) is 0 Å². The molecule has 4 aliphatic rings. The van der Waals surface area contributed by atoms with Crippen LogP contribution in [-0.2, 0) is 9.47 Å². The van der Waals surface area contributed by atoms with Crippen LogP contribution in [0.2, 0.25) is 0 Å². The Bertz CT molecular complexity index is 658. The van der Waals surface area contributed by atoms with Gasteiger partial charge >= 0.3 is 12.2 Å². The molecule has 4 rings (SSSR count). The molecule has 0 aromatic rings. The smallest absolute Gasteiger partial charge is 0.410 e. The Kier molecular flexibility index (Phi) is 7.50. The number of hydrogen-bond donors (Lipinski definition) is 0. The van der Waals surface area contributed by atoms with Gasteiger partial charge in [-0.05, 0) is 90.4 Å². The molecule has 182 valence electrons. The van der Waals surface area contributed by atoms with Gasteiger partial charge in [0.05, 0.1) is 6.61 Å². The first-order valence-electron chi connectivity index (χ1n) is 12.6. The van der Waals surface area contributed by atoms with E-state index in [-0.39, 0.29) is 12.2 Å². The number of ether oxygens (including phenoxy) is 2. The maximum Gasteiger partial charge on any atom is 0.410 e. The Labute approximate surface area is 193 Å². The highest BCUT2D eigenvalue weighted by molar-refractivity contribution is 5.68. The van der Waals surface area contributed by atoms with Crippen LogP contribution in [0.1, 0.15) is 51.9 Å². The quantitative estimate of drug-likeness (QED) is 0.620. The van der Waals surface area contributed by atoms with E-state index in [0.29, 0.717) is 36.6 Å². The Balaban J connectivity index is 1.20. The average Bonchev–Trinajstić information content (AvgIpc) is 3.41. The number of likely N-dealkylation sites (N-methyl/N-ethyl adjacent to an activating group) is 1. The predicted molar refractivity (Wildman–Crippen MR) is 123 cm³/mol. The highest BCUT2D eigenvalue weighted by atomic mass is 16.6. The summed E-state index contributed by atoms with van der Waals surface area (Å²) in [5, 5.41) is 0. The molecule has 0 aromatic carbocycles. The molecule has 1 spiro atoms. The molecule has 32 heavy (non-hydrogen) atoms. The minimum atomic E-state index is -0.144. The molecule has 8 nitrogen and oxygen atoms in total. The van der Waals surface area contributed by atoms with Crippen LogP contribution in [0.25, 0.3) is 0 Å². The van der Waals surface area contributed by atoms with E-state index in [2.05, 4.69) is 4.90 Å². The lowest BCUT2D eigenvalue weighted by molar-refractivity contribution is -0.0160. The topological polar surface area (TPSA) is 65.6 Å². The second kappa shape index (κ2) is 10.2. The largest absolute Gasteiger partial charge is 0.450 e. The molecule has 4 fully saturated rings. The van der Waals surface area contributed by atoms with Crippen LogP contribution >= 0.6 is 0 Å². The summed E-state index contributed by atoms with van der Waals surface area (Å²) in [6, 6.07) is 1.01. The van der Waals surface area contributed by atoms with Crippen molar-refractivity contribution in [3.63, 3.8) is 0 Å². The van der Waals surface area contributed by atoms with Crippen molar-refractivity contribution in [3.8, 4) is 0 Å². The normalized spacial score (nSPS) is 31.4. The van der Waals surface area contributed by atoms with Crippen molar-refractivity contribution in [1.29, 1.82) is 0 Å². The maximum absolute atomic E-state index is 12.6. The van der Waals surface area contributed by atoms with E-state index in [0.717, 1.165) is 58.5 Å². The summed E-state index contributed by atoms with van der Waals surface area (Å²) in [6.07, 6.45) is 7.82. The van der Waals surface area contributed by atoms with E-state index in [9.17, 15) is 9.59 Å². The van der Waals surface area contributed by atoms with Gasteiger partial charge < -0.3 is 29.1 Å². The minimum Gasteiger partial charge on any atom is -0.450 e. The van der Waals surface area contributed by atoms with Crippen molar-refractivity contribution >= 4 is 12.2 Å². The lowest BCUT2D eigenvalue weighted by atomic mass is 9.64. The lowest BCUT2D eigenvalue weighted by Gasteiger charge is -2.52. The molecule has 3 aliphatic heterocycles. The summed E-state index contributed by atoms with van der Waals surface area (Å²) in [4.78, 5) is 33.3. The van der Waals surface area contributed by atoms with Gasteiger partial charge in [-0.2, -0.15) is 0 Å². The fourth-order valence-corrected chi connectivity index (χ4v) is 6.41. The van der Waals surface area contributed by atoms with E-state index in [1.165, 1.54) is 25.7 Å². The molecule has 0 radical (unpaired) electrons. The number of rotatable bonds is 6. The van der Waals surface area contributed by atoms with E-state index in [1.54, 1.807) is 0 Å². The molecule has 3 saturated heterocycles. The fourth-order valence-electron chi connectivity index (χ4n) is 6.41. The highest BCUT2D eigenvalue weighted by Crippen LogP contribution is 2.51. The Morgan fingerprint density at radius 1 is 1.00 bits per heavy atom. The van der Waals surface area contributed by atoms with Crippen molar-refractivity contribution in [3.05, 3.63) is 0 Å². The third kappa shape index (κ3) is 5.16. The Morgan fingerprint density at radius 3 is 2.44 bits per heavy atom. The van der Waals surface area contributed by atoms with Gasteiger partial charge in [0.15, 0.2) is 0 Å². The lowest BCUT2D eigenvalue weighted by Crippen LogP contribution is -2.55. The maximum atomic E-state index is 12.6. The molecular weight excluding hydrogens is 408 g/mol. The summed E-state index contributed by atoms with van der Waals surface area (Å²) in [5.74, 6) is 0.593. The van der Waals surface area contributed by atoms with Crippen molar-refractivity contribution in [2.24, 2.45) is 11.3 Å². The fraction of sp³-hybridized carbons (Fsp3) is 0.917. The molecule has 0 N–H and O–H groups in total. The summed E-state index contributed by atoms with van der Waals surface area (Å²) in [6.45, 7) is 8.36. The summed E-state index contributed by atoms with van der Waals surface area (Å²) in [7, 11) is 3.99. The van der Waals surface area contributed by atoms with Crippen LogP contribution in [-0.4, -0.2) is 110 Å². The number of carbonyl (C=O) groups is 2. The van der Waals surface area contributed by atoms with Gasteiger partial charge in [-0.25, -0.2) is 9.59 Å². The molecule has 3 heterocycles. The first-order valence-corrected chi connectivity index (χ1v) is 12.6. The first-order chi connectivity index (χ1) is 15.4. The summed E-state index contributed by atoms with van der Waals surface area (Å²) < 4.78 is 10.7. The van der Waals surface area contributed by atoms with Gasteiger partial charge in [-0.15, -0.1) is 0 Å². The number of piperidine rings is 1. The van der Waals surface area contributed by atoms with Crippen molar-refractivity contribution in [2.75, 3.05) is 66.6 Å². The molecule has 2 amide bonds. The third-order valence-corrected chi connectivity index (χ3v) is 8.23. The van der Waals surface area contributed by atoms with Gasteiger partial charge in [0.2, 0.25) is 0 Å². The molecule has 1 saturated carbocycles. The van der Waals surface area contributed by atoms with Gasteiger partial charge in [0, 0.05) is 38.3 Å². The van der Waals surface area contributed by atoms with Gasteiger partial charge in [0.25, 0.3) is 0 Å². The number of carbonyl (C=O) groups excluding carboxylic acids is 2. The van der Waals surface area contributed by atoms with Crippen LogP contribution < -0.4 is 0 Å². The van der Waals surface area contributed by atoms with Gasteiger partial charge in [0.1, 0.15) is 6.61 Å². The molecule has 1 atom stereocenters. The van der Waals surface area contributed by atoms with E-state index in [1.807, 2.05) is 35.7 Å². The Morgan fingerprint density at radius 2 is 1.75 bits per heavy atom. The third-order valence-electron chi connectivity index (χ3n) is 8.23. The molecule has 0 bridgehead atoms. The molecule has 0 unspecified atom stereocenters. The number of amides is 2. The standard InChI is InChI=1S/C24H42N4O4/c1-4-31-22(29)27-13-9-24(18-27)16-20(17-24)26-11-7-19(8-12-26)21-6-5-10-28(21)23(30)32-15-14-25(2)3/h19-21H,4-18H2,1-3H3/t20?,21-,24?/m0/s1. The van der Waals surface area contributed by atoms with E-state index >= 15 is 0 Å². The highest BCUT2D eigenvalue weighted by Gasteiger charge is 2.51. The number of likely N-dealkylation sites (tertiary alicyclic amines) is 3. The van der Waals surface area contributed by atoms with Crippen molar-refractivity contribution in [1.82, 2.24) is 19.6 Å². The van der Waals surface area contributed by atoms with Gasteiger partial charge in [-0.1, -0.05) is 0 Å². The first kappa shape index (κ1) is 23.6. The van der Waals surface area contributed by atoms with Crippen molar-refractivity contribution < 1.29 is 19.1 Å². The summed E-state index contributed by atoms with van der Waals surface area (Å²) >= 11 is 0. The second-order valence-corrected chi connectivity index (χ2v) is 10.6. The predicted octanol–water partition coefficient (Wildman–Crippen LogP) is 2.87. The zero-order valence-corrected chi connectivity index (χ0v) is 20.3. The van der Waals surface area contributed by atoms with E-state index in [4.69, 9.17) is 9.47 Å². The molecule has 0 aromatic heterocycles. The van der Waals surface area contributed by atoms with Crippen LogP contribution in [0.5, 0.6) is 0 Å². The SMILES string of the molecule is CCOC(=O)N1CCC2(CC(N3CCC([C@@H]4CCCN4C(=O)OCCN(C)C)CC3)C2)C1. The second-order valence-electron chi connectivity index (χ2n) is 10.6. The molecule has 1 aliphatic carbocycles. The van der Waals surface area contributed by atoms with Gasteiger partial charge in [-0.3, -0.25) is 0 Å². The summed E-state index contributed by atoms with van der Waals surface area (Å²) in [5.41, 5.74) is 0.326. The minimum absolute atomic E-state index is 0.120. The molecule has 8 heteroatoms. The number of hydrogen-bond acceptors (Lipinski definition) is 6.